The number of aromatic nitrogens is 2. The highest BCUT2D eigenvalue weighted by molar-refractivity contribution is 7.12. The summed E-state index contributed by atoms with van der Waals surface area (Å²) >= 11 is 2.46. The third kappa shape index (κ3) is 4.78. The minimum absolute atomic E-state index is 0.0502. The number of benzene rings is 1. The molecule has 2 atom stereocenters. The van der Waals surface area contributed by atoms with Crippen LogP contribution >= 0.6 is 22.7 Å². The van der Waals surface area contributed by atoms with Crippen LogP contribution in [0.4, 0.5) is 4.39 Å². The van der Waals surface area contributed by atoms with Crippen molar-refractivity contribution in [3.63, 3.8) is 0 Å². The van der Waals surface area contributed by atoms with Crippen LogP contribution in [0.2, 0.25) is 0 Å². The van der Waals surface area contributed by atoms with Gasteiger partial charge in [0, 0.05) is 61.0 Å². The fraction of sp³-hybridized carbons (Fsp3) is 0.348. The Morgan fingerprint density at radius 2 is 1.64 bits per heavy atom. The number of hydrogen-bond donors (Lipinski definition) is 1. The Morgan fingerprint density at radius 3 is 2.12 bits per heavy atom. The number of rotatable bonds is 7. The second kappa shape index (κ2) is 9.98. The van der Waals surface area contributed by atoms with Gasteiger partial charge < -0.3 is 5.32 Å². The van der Waals surface area contributed by atoms with Crippen molar-refractivity contribution in [3.05, 3.63) is 68.3 Å². The zero-order valence-electron chi connectivity index (χ0n) is 18.2. The van der Waals surface area contributed by atoms with Crippen molar-refractivity contribution in [2.75, 3.05) is 26.7 Å². The number of Topliss-reactive ketones (excluding diaryl/α,β-unsaturated/α-hetero) is 2. The molecule has 33 heavy (non-hydrogen) atoms. The van der Waals surface area contributed by atoms with E-state index in [-0.39, 0.29) is 42.9 Å². The summed E-state index contributed by atoms with van der Waals surface area (Å²) in [7, 11) is 1.54. The maximum Gasteiger partial charge on any atom is 0.233 e. The van der Waals surface area contributed by atoms with Gasteiger partial charge in [-0.05, 0) is 24.1 Å². The first-order valence-electron chi connectivity index (χ1n) is 10.5. The van der Waals surface area contributed by atoms with Gasteiger partial charge in [-0.3, -0.25) is 19.3 Å². The summed E-state index contributed by atoms with van der Waals surface area (Å²) in [6.45, 7) is 2.23. The standard InChI is InChI=1S/C23H23FN4O3S2/c1-13-14(4-3-5-17(13)24)19-15(20(30)22-26-6-8-32-22)10-28(12-18(29)25-2)11-16(19)21(31)23-27-7-9-33-23/h3-9,15-16,19H,10-12H2,1-2H3,(H,25,29)/t15-,16-/m0/s1. The Hall–Kier alpha value is -2.82. The number of halogens is 1. The lowest BCUT2D eigenvalue weighted by Gasteiger charge is -2.42. The minimum atomic E-state index is -0.677. The predicted molar refractivity (Wildman–Crippen MR) is 124 cm³/mol. The summed E-state index contributed by atoms with van der Waals surface area (Å²) in [5.74, 6) is -2.95. The zero-order chi connectivity index (χ0) is 23.5. The molecule has 0 unspecified atom stereocenters. The number of ketones is 2. The molecule has 2 aromatic heterocycles. The lowest BCUT2D eigenvalue weighted by Crippen LogP contribution is -2.52. The van der Waals surface area contributed by atoms with Gasteiger partial charge >= 0.3 is 0 Å². The van der Waals surface area contributed by atoms with E-state index >= 15 is 0 Å². The molecule has 7 nitrogen and oxygen atoms in total. The first-order chi connectivity index (χ1) is 15.9. The molecule has 0 aliphatic carbocycles. The van der Waals surface area contributed by atoms with E-state index in [2.05, 4.69) is 15.3 Å². The zero-order valence-corrected chi connectivity index (χ0v) is 19.8. The van der Waals surface area contributed by atoms with E-state index in [9.17, 15) is 18.8 Å². The Kier molecular flexibility index (Phi) is 7.06. The van der Waals surface area contributed by atoms with E-state index in [1.165, 1.54) is 28.7 Å². The fourth-order valence-corrected chi connectivity index (χ4v) is 5.75. The number of hydrogen-bond acceptors (Lipinski definition) is 8. The molecule has 1 aliphatic heterocycles. The number of nitrogens with zero attached hydrogens (tertiary/aromatic N) is 3. The maximum atomic E-state index is 14.6. The molecule has 4 rings (SSSR count). The number of amides is 1. The van der Waals surface area contributed by atoms with Gasteiger partial charge in [-0.2, -0.15) is 0 Å². The third-order valence-electron chi connectivity index (χ3n) is 6.05. The summed E-state index contributed by atoms with van der Waals surface area (Å²) in [4.78, 5) is 49.5. The molecule has 0 spiro atoms. The van der Waals surface area contributed by atoms with E-state index in [1.54, 1.807) is 49.3 Å². The molecule has 1 amide bonds. The van der Waals surface area contributed by atoms with Crippen LogP contribution in [0.15, 0.2) is 41.4 Å². The molecule has 0 bridgehead atoms. The van der Waals surface area contributed by atoms with E-state index in [0.29, 0.717) is 21.1 Å². The summed E-state index contributed by atoms with van der Waals surface area (Å²) in [5, 5.41) is 6.71. The highest BCUT2D eigenvalue weighted by Gasteiger charge is 2.46. The van der Waals surface area contributed by atoms with Gasteiger partial charge in [-0.1, -0.05) is 12.1 Å². The van der Waals surface area contributed by atoms with Gasteiger partial charge in [0.1, 0.15) is 5.82 Å². The lowest BCUT2D eigenvalue weighted by atomic mass is 9.69. The van der Waals surface area contributed by atoms with Gasteiger partial charge in [-0.25, -0.2) is 14.4 Å². The monoisotopic (exact) mass is 486 g/mol. The first kappa shape index (κ1) is 23.3. The molecule has 1 saturated heterocycles. The maximum absolute atomic E-state index is 14.6. The molecule has 1 aromatic carbocycles. The van der Waals surface area contributed by atoms with Gasteiger partial charge in [0.25, 0.3) is 0 Å². The van der Waals surface area contributed by atoms with Gasteiger partial charge in [0.15, 0.2) is 21.6 Å². The largest absolute Gasteiger partial charge is 0.358 e. The lowest BCUT2D eigenvalue weighted by molar-refractivity contribution is -0.122. The summed E-state index contributed by atoms with van der Waals surface area (Å²) in [6, 6.07) is 4.75. The third-order valence-corrected chi connectivity index (χ3v) is 7.63. The molecule has 0 saturated carbocycles. The van der Waals surface area contributed by atoms with Crippen LogP contribution in [0.5, 0.6) is 0 Å². The Bertz CT molecular complexity index is 1090. The normalized spacial score (nSPS) is 19.4. The van der Waals surface area contributed by atoms with Crippen molar-refractivity contribution in [2.45, 2.75) is 12.8 Å². The van der Waals surface area contributed by atoms with Crippen molar-refractivity contribution >= 4 is 40.1 Å². The Labute approximate surface area is 198 Å². The SMILES string of the molecule is CNC(=O)CN1C[C@H](C(=O)c2nccs2)C(c2cccc(F)c2C)[C@@H](C(=O)c2nccs2)C1. The van der Waals surface area contributed by atoms with Gasteiger partial charge in [0.2, 0.25) is 5.91 Å². The molecular weight excluding hydrogens is 463 g/mol. The number of thiazole rings is 2. The van der Waals surface area contributed by atoms with E-state index in [4.69, 9.17) is 0 Å². The number of carbonyl (C=O) groups is 3. The molecule has 3 aromatic rings. The van der Waals surface area contributed by atoms with Crippen LogP contribution in [0, 0.1) is 24.6 Å². The van der Waals surface area contributed by atoms with Crippen LogP contribution in [-0.2, 0) is 4.79 Å². The molecule has 0 radical (unpaired) electrons. The van der Waals surface area contributed by atoms with Crippen molar-refractivity contribution < 1.29 is 18.8 Å². The molecular formula is C23H23FN4O3S2. The summed E-state index contributed by atoms with van der Waals surface area (Å²) in [5.41, 5.74) is 1.04. The summed E-state index contributed by atoms with van der Waals surface area (Å²) in [6.07, 6.45) is 3.12. The van der Waals surface area contributed by atoms with Crippen molar-refractivity contribution in [1.29, 1.82) is 0 Å². The van der Waals surface area contributed by atoms with E-state index in [0.717, 1.165) is 0 Å². The van der Waals surface area contributed by atoms with Crippen LogP contribution < -0.4 is 5.32 Å². The molecule has 3 heterocycles. The molecule has 10 heteroatoms. The highest BCUT2D eigenvalue weighted by atomic mass is 32.1. The minimum Gasteiger partial charge on any atom is -0.358 e. The number of likely N-dealkylation sites (tertiary alicyclic amines) is 1. The Morgan fingerprint density at radius 1 is 1.06 bits per heavy atom. The average Bonchev–Trinajstić information content (AvgIpc) is 3.54. The van der Waals surface area contributed by atoms with Crippen LogP contribution in [0.1, 0.15) is 36.6 Å². The van der Waals surface area contributed by atoms with Crippen molar-refractivity contribution in [2.24, 2.45) is 11.8 Å². The average molecular weight is 487 g/mol. The topological polar surface area (TPSA) is 92.3 Å². The first-order valence-corrected chi connectivity index (χ1v) is 12.2. The number of piperidine rings is 1. The van der Waals surface area contributed by atoms with Crippen LogP contribution in [0.3, 0.4) is 0 Å². The predicted octanol–water partition coefficient (Wildman–Crippen LogP) is 3.19. The van der Waals surface area contributed by atoms with E-state index < -0.39 is 17.8 Å². The van der Waals surface area contributed by atoms with E-state index in [1.807, 2.05) is 4.90 Å². The fourth-order valence-electron chi connectivity index (χ4n) is 4.47. The van der Waals surface area contributed by atoms with Crippen LogP contribution in [0.25, 0.3) is 0 Å². The second-order valence-electron chi connectivity index (χ2n) is 7.96. The van der Waals surface area contributed by atoms with Crippen molar-refractivity contribution in [1.82, 2.24) is 20.2 Å². The molecule has 1 N–H and O–H groups in total. The van der Waals surface area contributed by atoms with Crippen LogP contribution in [-0.4, -0.2) is 59.0 Å². The quantitative estimate of drug-likeness (QED) is 0.516. The van der Waals surface area contributed by atoms with Crippen molar-refractivity contribution in [3.8, 4) is 0 Å². The van der Waals surface area contributed by atoms with Gasteiger partial charge in [0.05, 0.1) is 6.54 Å². The number of nitrogens with one attached hydrogen (secondary N) is 1. The molecule has 1 aliphatic rings. The number of likely N-dealkylation sites (N-methyl/N-ethyl adjacent to an activating group) is 1. The van der Waals surface area contributed by atoms with Gasteiger partial charge in [-0.15, -0.1) is 22.7 Å². The summed E-state index contributed by atoms with van der Waals surface area (Å²) < 4.78 is 14.6. The second-order valence-corrected chi connectivity index (χ2v) is 9.75. The highest BCUT2D eigenvalue weighted by Crippen LogP contribution is 2.42. The smallest absolute Gasteiger partial charge is 0.233 e. The number of carbonyl (C=O) groups excluding carboxylic acids is 3. The Balaban J connectivity index is 1.83. The molecule has 1 fully saturated rings. The molecule has 172 valence electrons.